The second kappa shape index (κ2) is 8.46. The molecule has 0 bridgehead atoms. The summed E-state index contributed by atoms with van der Waals surface area (Å²) in [6.07, 6.45) is 2.18. The Balaban J connectivity index is 1.32. The fraction of sp³-hybridized carbons (Fsp3) is 0.273. The Bertz CT molecular complexity index is 892. The number of anilines is 1. The van der Waals surface area contributed by atoms with Gasteiger partial charge in [-0.15, -0.1) is 11.3 Å². The molecule has 1 amide bonds. The molecular formula is C22H23N3OS. The van der Waals surface area contributed by atoms with Gasteiger partial charge in [0.1, 0.15) is 0 Å². The van der Waals surface area contributed by atoms with E-state index in [1.165, 1.54) is 16.0 Å². The Kier molecular flexibility index (Phi) is 5.61. The first kappa shape index (κ1) is 17.9. The monoisotopic (exact) mass is 377 g/mol. The van der Waals surface area contributed by atoms with Crippen LogP contribution in [0, 0.1) is 0 Å². The quantitative estimate of drug-likeness (QED) is 0.698. The summed E-state index contributed by atoms with van der Waals surface area (Å²) >= 11 is 1.61. The van der Waals surface area contributed by atoms with Gasteiger partial charge in [0.25, 0.3) is 0 Å². The standard InChI is InChI=1S/C22H23N3OS/c26-21(12-11-17-7-3-1-4-8-17)24-22-23-19-13-14-25(16-20(19)27-22)15-18-9-5-2-6-10-18/h1-10H,11-16H2,(H,23,24,26). The molecule has 1 aliphatic heterocycles. The number of aromatic nitrogens is 1. The number of carbonyl (C=O) groups is 1. The molecule has 0 radical (unpaired) electrons. The van der Waals surface area contributed by atoms with Gasteiger partial charge in [-0.3, -0.25) is 9.69 Å². The second-order valence-corrected chi connectivity index (χ2v) is 7.95. The molecule has 0 saturated carbocycles. The third-order valence-electron chi connectivity index (χ3n) is 4.79. The van der Waals surface area contributed by atoms with E-state index in [2.05, 4.69) is 51.6 Å². The van der Waals surface area contributed by atoms with Gasteiger partial charge in [-0.05, 0) is 17.5 Å². The molecule has 0 spiro atoms. The Morgan fingerprint density at radius 3 is 2.48 bits per heavy atom. The van der Waals surface area contributed by atoms with E-state index in [1.807, 2.05) is 24.3 Å². The largest absolute Gasteiger partial charge is 0.302 e. The molecule has 27 heavy (non-hydrogen) atoms. The minimum absolute atomic E-state index is 0.0334. The van der Waals surface area contributed by atoms with E-state index < -0.39 is 0 Å². The van der Waals surface area contributed by atoms with Crippen LogP contribution in [0.2, 0.25) is 0 Å². The smallest absolute Gasteiger partial charge is 0.226 e. The number of carbonyl (C=O) groups excluding carboxylic acids is 1. The first-order valence-corrected chi connectivity index (χ1v) is 10.2. The molecule has 5 heteroatoms. The summed E-state index contributed by atoms with van der Waals surface area (Å²) in [5, 5.41) is 3.72. The Hall–Kier alpha value is -2.50. The van der Waals surface area contributed by atoms with Crippen LogP contribution in [-0.4, -0.2) is 22.3 Å². The first-order valence-electron chi connectivity index (χ1n) is 9.35. The summed E-state index contributed by atoms with van der Waals surface area (Å²) in [6.45, 7) is 2.87. The number of benzene rings is 2. The lowest BCUT2D eigenvalue weighted by Crippen LogP contribution is -2.29. The van der Waals surface area contributed by atoms with Crippen LogP contribution in [0.1, 0.15) is 28.1 Å². The lowest BCUT2D eigenvalue weighted by molar-refractivity contribution is -0.116. The van der Waals surface area contributed by atoms with Crippen molar-refractivity contribution in [3.63, 3.8) is 0 Å². The van der Waals surface area contributed by atoms with E-state index in [1.54, 1.807) is 11.3 Å². The third kappa shape index (κ3) is 4.81. The average Bonchev–Trinajstić information content (AvgIpc) is 3.09. The highest BCUT2D eigenvalue weighted by Crippen LogP contribution is 2.29. The number of aryl methyl sites for hydroxylation is 1. The van der Waals surface area contributed by atoms with Crippen LogP contribution in [0.4, 0.5) is 5.13 Å². The van der Waals surface area contributed by atoms with Crippen LogP contribution < -0.4 is 5.32 Å². The maximum atomic E-state index is 12.2. The Labute approximate surface area is 163 Å². The molecular weight excluding hydrogens is 354 g/mol. The van der Waals surface area contributed by atoms with Crippen LogP contribution >= 0.6 is 11.3 Å². The van der Waals surface area contributed by atoms with Crippen molar-refractivity contribution >= 4 is 22.4 Å². The van der Waals surface area contributed by atoms with Crippen molar-refractivity contribution in [2.45, 2.75) is 32.4 Å². The van der Waals surface area contributed by atoms with E-state index in [-0.39, 0.29) is 5.91 Å². The average molecular weight is 378 g/mol. The first-order chi connectivity index (χ1) is 13.3. The molecule has 3 aromatic rings. The summed E-state index contributed by atoms with van der Waals surface area (Å²) in [5.74, 6) is 0.0334. The van der Waals surface area contributed by atoms with Crippen molar-refractivity contribution in [3.05, 3.63) is 82.4 Å². The van der Waals surface area contributed by atoms with E-state index in [4.69, 9.17) is 0 Å². The van der Waals surface area contributed by atoms with Crippen molar-refractivity contribution in [2.24, 2.45) is 0 Å². The highest BCUT2D eigenvalue weighted by molar-refractivity contribution is 7.15. The van der Waals surface area contributed by atoms with E-state index in [9.17, 15) is 4.79 Å². The molecule has 1 aromatic heterocycles. The van der Waals surface area contributed by atoms with E-state index in [0.717, 1.165) is 43.3 Å². The van der Waals surface area contributed by atoms with Gasteiger partial charge in [0, 0.05) is 37.4 Å². The van der Waals surface area contributed by atoms with Gasteiger partial charge in [-0.1, -0.05) is 60.7 Å². The lowest BCUT2D eigenvalue weighted by Gasteiger charge is -2.25. The summed E-state index contributed by atoms with van der Waals surface area (Å²) in [5.41, 5.74) is 3.66. The topological polar surface area (TPSA) is 45.2 Å². The molecule has 138 valence electrons. The number of amides is 1. The number of hydrogen-bond donors (Lipinski definition) is 1. The minimum atomic E-state index is 0.0334. The maximum absolute atomic E-state index is 12.2. The number of hydrogen-bond acceptors (Lipinski definition) is 4. The summed E-state index contributed by atoms with van der Waals surface area (Å²) in [6, 6.07) is 20.7. The summed E-state index contributed by atoms with van der Waals surface area (Å²) < 4.78 is 0. The highest BCUT2D eigenvalue weighted by Gasteiger charge is 2.21. The van der Waals surface area contributed by atoms with Crippen molar-refractivity contribution in [2.75, 3.05) is 11.9 Å². The molecule has 0 aliphatic carbocycles. The number of fused-ring (bicyclic) bond motifs is 1. The summed E-state index contributed by atoms with van der Waals surface area (Å²) in [4.78, 5) is 20.6. The van der Waals surface area contributed by atoms with Crippen molar-refractivity contribution < 1.29 is 4.79 Å². The zero-order valence-electron chi connectivity index (χ0n) is 15.2. The van der Waals surface area contributed by atoms with Crippen LogP contribution in [0.25, 0.3) is 0 Å². The fourth-order valence-corrected chi connectivity index (χ4v) is 4.43. The molecule has 0 fully saturated rings. The van der Waals surface area contributed by atoms with Gasteiger partial charge < -0.3 is 5.32 Å². The van der Waals surface area contributed by atoms with E-state index in [0.29, 0.717) is 6.42 Å². The molecule has 4 nitrogen and oxygen atoms in total. The molecule has 2 heterocycles. The summed E-state index contributed by atoms with van der Waals surface area (Å²) in [7, 11) is 0. The predicted molar refractivity (Wildman–Crippen MR) is 110 cm³/mol. The van der Waals surface area contributed by atoms with Gasteiger partial charge in [-0.2, -0.15) is 0 Å². The van der Waals surface area contributed by atoms with Crippen molar-refractivity contribution in [1.82, 2.24) is 9.88 Å². The molecule has 0 saturated heterocycles. The van der Waals surface area contributed by atoms with Gasteiger partial charge in [0.05, 0.1) is 5.69 Å². The number of nitrogens with zero attached hydrogens (tertiary/aromatic N) is 2. The number of nitrogens with one attached hydrogen (secondary N) is 1. The zero-order chi connectivity index (χ0) is 18.5. The SMILES string of the molecule is O=C(CCc1ccccc1)Nc1nc2c(s1)CN(Cc1ccccc1)CC2. The molecule has 0 unspecified atom stereocenters. The van der Waals surface area contributed by atoms with Crippen molar-refractivity contribution in [1.29, 1.82) is 0 Å². The van der Waals surface area contributed by atoms with Gasteiger partial charge in [-0.25, -0.2) is 4.98 Å². The number of rotatable bonds is 6. The zero-order valence-corrected chi connectivity index (χ0v) is 16.0. The van der Waals surface area contributed by atoms with Crippen LogP contribution in [-0.2, 0) is 30.7 Å². The van der Waals surface area contributed by atoms with Crippen LogP contribution in [0.5, 0.6) is 0 Å². The van der Waals surface area contributed by atoms with Crippen LogP contribution in [0.3, 0.4) is 0 Å². The molecule has 0 atom stereocenters. The van der Waals surface area contributed by atoms with Gasteiger partial charge in [0.15, 0.2) is 5.13 Å². The highest BCUT2D eigenvalue weighted by atomic mass is 32.1. The third-order valence-corrected chi connectivity index (χ3v) is 5.79. The molecule has 2 aromatic carbocycles. The number of thiazole rings is 1. The Morgan fingerprint density at radius 2 is 1.74 bits per heavy atom. The molecule has 1 aliphatic rings. The predicted octanol–water partition coefficient (Wildman–Crippen LogP) is 4.27. The lowest BCUT2D eigenvalue weighted by atomic mass is 10.1. The minimum Gasteiger partial charge on any atom is -0.302 e. The Morgan fingerprint density at radius 1 is 1.04 bits per heavy atom. The van der Waals surface area contributed by atoms with Crippen LogP contribution in [0.15, 0.2) is 60.7 Å². The normalized spacial score (nSPS) is 13.9. The van der Waals surface area contributed by atoms with Gasteiger partial charge >= 0.3 is 0 Å². The molecule has 4 rings (SSSR count). The second-order valence-electron chi connectivity index (χ2n) is 6.87. The van der Waals surface area contributed by atoms with E-state index >= 15 is 0 Å². The van der Waals surface area contributed by atoms with Crippen molar-refractivity contribution in [3.8, 4) is 0 Å². The molecule has 1 N–H and O–H groups in total. The van der Waals surface area contributed by atoms with Gasteiger partial charge in [0.2, 0.25) is 5.91 Å². The fourth-order valence-electron chi connectivity index (χ4n) is 3.36. The maximum Gasteiger partial charge on any atom is 0.226 e.